The molecule has 0 atom stereocenters. The molecule has 2 aromatic rings. The Morgan fingerprint density at radius 3 is 2.76 bits per heavy atom. The monoisotopic (exact) mass is 401 g/mol. The number of halogens is 2. The van der Waals surface area contributed by atoms with Crippen LogP contribution in [0.5, 0.6) is 0 Å². The normalized spacial score (nSPS) is 13.0. The van der Waals surface area contributed by atoms with Gasteiger partial charge in [-0.25, -0.2) is 4.98 Å². The number of anilines is 2. The number of aromatic nitrogens is 1. The van der Waals surface area contributed by atoms with Gasteiger partial charge in [0.2, 0.25) is 0 Å². The van der Waals surface area contributed by atoms with Crippen molar-refractivity contribution in [2.75, 3.05) is 17.2 Å². The van der Waals surface area contributed by atoms with Gasteiger partial charge in [0.1, 0.15) is 4.88 Å². The number of nitrogen functional groups attached to an aromatic ring is 1. The van der Waals surface area contributed by atoms with Gasteiger partial charge < -0.3 is 10.6 Å². The summed E-state index contributed by atoms with van der Waals surface area (Å²) in [5.74, 6) is 0.598. The fraction of sp³-hybridized carbons (Fsp3) is 0.444. The third-order valence-electron chi connectivity index (χ3n) is 4.15. The molecule has 1 aliphatic rings. The Labute approximate surface area is 165 Å². The summed E-state index contributed by atoms with van der Waals surface area (Å²) in [7, 11) is 0. The first-order valence-corrected chi connectivity index (χ1v) is 8.94. The van der Waals surface area contributed by atoms with Gasteiger partial charge in [0, 0.05) is 24.3 Å². The van der Waals surface area contributed by atoms with E-state index in [4.69, 9.17) is 5.73 Å². The molecule has 1 aliphatic heterocycles. The molecule has 0 bridgehead atoms. The summed E-state index contributed by atoms with van der Waals surface area (Å²) in [5.41, 5.74) is 9.75. The van der Waals surface area contributed by atoms with Crippen molar-refractivity contribution in [1.82, 2.24) is 4.98 Å². The molecule has 0 unspecified atom stereocenters. The average molecular weight is 402 g/mol. The molecule has 1 aromatic carbocycles. The molecule has 0 saturated carbocycles. The van der Waals surface area contributed by atoms with Crippen molar-refractivity contribution in [1.29, 1.82) is 0 Å². The lowest BCUT2D eigenvalue weighted by molar-refractivity contribution is 0.0988. The first-order valence-electron chi connectivity index (χ1n) is 8.13. The molecule has 3 rings (SSSR count). The number of thiazole rings is 1. The molecule has 4 nitrogen and oxygen atoms in total. The molecule has 25 heavy (non-hydrogen) atoms. The molecule has 1 amide bonds. The summed E-state index contributed by atoms with van der Waals surface area (Å²) in [6.45, 7) is 7.01. The van der Waals surface area contributed by atoms with E-state index in [2.05, 4.69) is 18.8 Å². The molecule has 138 valence electrons. The second kappa shape index (κ2) is 8.88. The number of carbonyl (C=O) groups is 1. The number of hydrogen-bond donors (Lipinski definition) is 1. The highest BCUT2D eigenvalue weighted by Gasteiger charge is 2.27. The van der Waals surface area contributed by atoms with Gasteiger partial charge in [-0.15, -0.1) is 36.2 Å². The lowest BCUT2D eigenvalue weighted by atomic mass is 9.99. The van der Waals surface area contributed by atoms with Gasteiger partial charge in [0.15, 0.2) is 0 Å². The summed E-state index contributed by atoms with van der Waals surface area (Å²) >= 11 is 1.53. The molecule has 0 aliphatic carbocycles. The second-order valence-corrected chi connectivity index (χ2v) is 7.61. The molecule has 0 saturated heterocycles. The van der Waals surface area contributed by atoms with Crippen molar-refractivity contribution in [3.8, 4) is 0 Å². The maximum atomic E-state index is 13.0. The van der Waals surface area contributed by atoms with Crippen LogP contribution in [0, 0.1) is 12.8 Å². The van der Waals surface area contributed by atoms with Crippen LogP contribution in [0.2, 0.25) is 0 Å². The zero-order valence-corrected chi connectivity index (χ0v) is 17.2. The van der Waals surface area contributed by atoms with Crippen LogP contribution in [0.1, 0.15) is 46.2 Å². The molecule has 2 N–H and O–H groups in total. The number of amides is 1. The quantitative estimate of drug-likeness (QED) is 0.759. The average Bonchev–Trinajstić information content (AvgIpc) is 2.86. The van der Waals surface area contributed by atoms with Crippen LogP contribution in [0.15, 0.2) is 18.2 Å². The number of hydrogen-bond acceptors (Lipinski definition) is 4. The number of aryl methyl sites for hydroxylation is 1. The predicted molar refractivity (Wildman–Crippen MR) is 111 cm³/mol. The number of nitrogens with zero attached hydrogens (tertiary/aromatic N) is 2. The fourth-order valence-electron chi connectivity index (χ4n) is 3.07. The molecule has 0 spiro atoms. The Kier molecular flexibility index (Phi) is 7.72. The van der Waals surface area contributed by atoms with E-state index in [0.29, 0.717) is 5.92 Å². The van der Waals surface area contributed by atoms with Crippen LogP contribution in [0.3, 0.4) is 0 Å². The van der Waals surface area contributed by atoms with E-state index in [1.807, 2.05) is 30.0 Å². The van der Waals surface area contributed by atoms with Crippen LogP contribution in [-0.2, 0) is 12.8 Å². The third kappa shape index (κ3) is 4.46. The minimum Gasteiger partial charge on any atom is -0.398 e. The van der Waals surface area contributed by atoms with Crippen molar-refractivity contribution in [3.63, 3.8) is 0 Å². The molecular formula is C18H25Cl2N3OS. The number of nitrogens with two attached hydrogens (primary N) is 1. The van der Waals surface area contributed by atoms with Crippen LogP contribution in [-0.4, -0.2) is 17.4 Å². The summed E-state index contributed by atoms with van der Waals surface area (Å²) < 4.78 is 0. The minimum atomic E-state index is 0. The van der Waals surface area contributed by atoms with Crippen LogP contribution in [0.25, 0.3) is 0 Å². The van der Waals surface area contributed by atoms with Crippen molar-refractivity contribution >= 4 is 53.4 Å². The van der Waals surface area contributed by atoms with Crippen LogP contribution >= 0.6 is 36.2 Å². The van der Waals surface area contributed by atoms with E-state index < -0.39 is 0 Å². The second-order valence-electron chi connectivity index (χ2n) is 6.53. The predicted octanol–water partition coefficient (Wildman–Crippen LogP) is 4.67. The summed E-state index contributed by atoms with van der Waals surface area (Å²) in [6, 6.07) is 5.82. The highest BCUT2D eigenvalue weighted by Crippen LogP contribution is 2.33. The molecule has 2 heterocycles. The van der Waals surface area contributed by atoms with Crippen LogP contribution in [0.4, 0.5) is 11.4 Å². The van der Waals surface area contributed by atoms with E-state index in [0.717, 1.165) is 58.3 Å². The number of benzene rings is 1. The van der Waals surface area contributed by atoms with Crippen molar-refractivity contribution in [3.05, 3.63) is 39.3 Å². The Morgan fingerprint density at radius 1 is 1.36 bits per heavy atom. The van der Waals surface area contributed by atoms with Gasteiger partial charge in [0.25, 0.3) is 5.91 Å². The molecule has 0 fully saturated rings. The number of carbonyl (C=O) groups excluding carboxylic acids is 1. The summed E-state index contributed by atoms with van der Waals surface area (Å²) in [5, 5.41) is 1.05. The maximum Gasteiger partial charge on any atom is 0.270 e. The van der Waals surface area contributed by atoms with Crippen molar-refractivity contribution in [2.45, 2.75) is 40.0 Å². The van der Waals surface area contributed by atoms with Crippen molar-refractivity contribution < 1.29 is 4.79 Å². The standard InChI is InChI=1S/C18H23N3OS.2ClH/c1-11(2)10-16-20-12(3)17(23-16)18(22)21-9-5-6-13-14(19)7-4-8-15(13)21;;/h4,7-8,11H,5-6,9-10,19H2,1-3H3;2*1H. The highest BCUT2D eigenvalue weighted by atomic mass is 35.5. The van der Waals surface area contributed by atoms with Gasteiger partial charge in [-0.2, -0.15) is 0 Å². The largest absolute Gasteiger partial charge is 0.398 e. The minimum absolute atomic E-state index is 0. The Balaban J connectivity index is 0.00000156. The zero-order chi connectivity index (χ0) is 16.6. The van der Waals surface area contributed by atoms with E-state index >= 15 is 0 Å². The molecular weight excluding hydrogens is 377 g/mol. The van der Waals surface area contributed by atoms with Gasteiger partial charge in [0.05, 0.1) is 10.7 Å². The first-order chi connectivity index (χ1) is 11.0. The van der Waals surface area contributed by atoms with Crippen molar-refractivity contribution in [2.24, 2.45) is 5.92 Å². The van der Waals surface area contributed by atoms with E-state index in [9.17, 15) is 4.79 Å². The zero-order valence-electron chi connectivity index (χ0n) is 14.7. The topological polar surface area (TPSA) is 59.2 Å². The van der Waals surface area contributed by atoms with E-state index in [-0.39, 0.29) is 30.7 Å². The van der Waals surface area contributed by atoms with Gasteiger partial charge >= 0.3 is 0 Å². The lowest BCUT2D eigenvalue weighted by Crippen LogP contribution is -2.35. The van der Waals surface area contributed by atoms with Gasteiger partial charge in [-0.3, -0.25) is 4.79 Å². The SMILES string of the molecule is Cc1nc(CC(C)C)sc1C(=O)N1CCCc2c(N)cccc21.Cl.Cl. The van der Waals surface area contributed by atoms with Gasteiger partial charge in [-0.1, -0.05) is 19.9 Å². The van der Waals surface area contributed by atoms with Gasteiger partial charge in [-0.05, 0) is 43.4 Å². The molecule has 0 radical (unpaired) electrons. The third-order valence-corrected chi connectivity index (χ3v) is 5.32. The Hall–Kier alpha value is -1.30. The van der Waals surface area contributed by atoms with E-state index in [1.165, 1.54) is 11.3 Å². The lowest BCUT2D eigenvalue weighted by Gasteiger charge is -2.30. The number of rotatable bonds is 3. The highest BCUT2D eigenvalue weighted by molar-refractivity contribution is 7.14. The summed E-state index contributed by atoms with van der Waals surface area (Å²) in [6.07, 6.45) is 2.80. The fourth-order valence-corrected chi connectivity index (χ4v) is 4.30. The number of fused-ring (bicyclic) bond motifs is 1. The molecule has 7 heteroatoms. The van der Waals surface area contributed by atoms with Crippen LogP contribution < -0.4 is 10.6 Å². The summed E-state index contributed by atoms with van der Waals surface area (Å²) in [4.78, 5) is 20.3. The van der Waals surface area contributed by atoms with E-state index in [1.54, 1.807) is 0 Å². The Morgan fingerprint density at radius 2 is 2.08 bits per heavy atom. The Bertz CT molecular complexity index is 746. The first kappa shape index (κ1) is 21.7. The smallest absolute Gasteiger partial charge is 0.270 e. The maximum absolute atomic E-state index is 13.0. The molecule has 1 aromatic heterocycles.